The number of carbonyl (C=O) groups is 2. The van der Waals surface area contributed by atoms with Crippen molar-refractivity contribution in [2.45, 2.75) is 23.1 Å². The fraction of sp³-hybridized carbons (Fsp3) is 0.231. The number of anilines is 1. The average molecular weight is 429 g/mol. The van der Waals surface area contributed by atoms with E-state index in [1.807, 2.05) is 47.4 Å². The summed E-state index contributed by atoms with van der Waals surface area (Å²) in [5, 5.41) is 0. The van der Waals surface area contributed by atoms with Gasteiger partial charge in [0.2, 0.25) is 0 Å². The molecule has 31 heavy (non-hydrogen) atoms. The van der Waals surface area contributed by atoms with Crippen molar-refractivity contribution in [2.75, 3.05) is 31.1 Å². The molecule has 0 aliphatic carbocycles. The zero-order chi connectivity index (χ0) is 21.4. The number of hydrogen-bond donors (Lipinski definition) is 0. The standard InChI is InChI=1S/C26H24N2O2S/c1-18-6-9-21(10-7-18)27-12-14-28(15-13-27)26(30)19-8-11-24-20(16-19)17-23(29)22-4-2-3-5-25(22)31-24/h2-11,16H,12-15,17H2,1H3. The highest BCUT2D eigenvalue weighted by Crippen LogP contribution is 2.37. The van der Waals surface area contributed by atoms with Crippen molar-refractivity contribution in [3.63, 3.8) is 0 Å². The van der Waals surface area contributed by atoms with Crippen LogP contribution in [-0.2, 0) is 6.42 Å². The highest BCUT2D eigenvalue weighted by atomic mass is 32.2. The predicted octanol–water partition coefficient (Wildman–Crippen LogP) is 4.85. The van der Waals surface area contributed by atoms with Crippen molar-refractivity contribution in [3.8, 4) is 0 Å². The molecule has 1 fully saturated rings. The molecule has 0 atom stereocenters. The van der Waals surface area contributed by atoms with Gasteiger partial charge in [-0.25, -0.2) is 0 Å². The van der Waals surface area contributed by atoms with Crippen LogP contribution in [0.15, 0.2) is 76.5 Å². The van der Waals surface area contributed by atoms with Crippen molar-refractivity contribution in [1.82, 2.24) is 4.90 Å². The summed E-state index contributed by atoms with van der Waals surface area (Å²) >= 11 is 1.61. The quantitative estimate of drug-likeness (QED) is 0.585. The molecule has 2 heterocycles. The minimum absolute atomic E-state index is 0.0468. The summed E-state index contributed by atoms with van der Waals surface area (Å²) < 4.78 is 0. The number of ketones is 1. The first kappa shape index (κ1) is 19.9. The van der Waals surface area contributed by atoms with Gasteiger partial charge < -0.3 is 9.80 Å². The zero-order valence-electron chi connectivity index (χ0n) is 17.5. The molecule has 0 bridgehead atoms. The van der Waals surface area contributed by atoms with Gasteiger partial charge in [-0.05, 0) is 48.9 Å². The Morgan fingerprint density at radius 3 is 2.39 bits per heavy atom. The fourth-order valence-electron chi connectivity index (χ4n) is 4.23. The Labute approximate surface area is 186 Å². The van der Waals surface area contributed by atoms with Gasteiger partial charge in [0, 0.05) is 59.2 Å². The molecule has 0 unspecified atom stereocenters. The van der Waals surface area contributed by atoms with E-state index < -0.39 is 0 Å². The van der Waals surface area contributed by atoms with E-state index in [4.69, 9.17) is 0 Å². The third-order valence-electron chi connectivity index (χ3n) is 6.03. The van der Waals surface area contributed by atoms with Gasteiger partial charge in [-0.2, -0.15) is 0 Å². The van der Waals surface area contributed by atoms with Gasteiger partial charge in [-0.3, -0.25) is 9.59 Å². The van der Waals surface area contributed by atoms with Crippen molar-refractivity contribution >= 4 is 29.1 Å². The molecule has 0 N–H and O–H groups in total. The minimum atomic E-state index is 0.0468. The highest BCUT2D eigenvalue weighted by Gasteiger charge is 2.25. The summed E-state index contributed by atoms with van der Waals surface area (Å²) in [4.78, 5) is 32.2. The average Bonchev–Trinajstić information content (AvgIpc) is 2.94. The molecule has 3 aromatic rings. The van der Waals surface area contributed by atoms with Crippen molar-refractivity contribution in [1.29, 1.82) is 0 Å². The highest BCUT2D eigenvalue weighted by molar-refractivity contribution is 7.99. The topological polar surface area (TPSA) is 40.6 Å². The largest absolute Gasteiger partial charge is 0.368 e. The van der Waals surface area contributed by atoms with Crippen LogP contribution in [0.2, 0.25) is 0 Å². The maximum Gasteiger partial charge on any atom is 0.253 e. The summed E-state index contributed by atoms with van der Waals surface area (Å²) in [6, 6.07) is 22.1. The number of piperazine rings is 1. The molecule has 5 heteroatoms. The Hall–Kier alpha value is -3.05. The SMILES string of the molecule is Cc1ccc(N2CCN(C(=O)c3ccc4c(c3)CC(=O)c3ccccc3S4)CC2)cc1. The maximum atomic E-state index is 13.2. The van der Waals surface area contributed by atoms with Gasteiger partial charge in [0.05, 0.1) is 0 Å². The maximum absolute atomic E-state index is 13.2. The van der Waals surface area contributed by atoms with E-state index in [0.717, 1.165) is 34.0 Å². The molecule has 4 nitrogen and oxygen atoms in total. The molecule has 1 amide bonds. The summed E-state index contributed by atoms with van der Waals surface area (Å²) in [5.41, 5.74) is 4.83. The number of benzene rings is 3. The van der Waals surface area contributed by atoms with Gasteiger partial charge in [0.1, 0.15) is 0 Å². The molecule has 0 spiro atoms. The molecule has 5 rings (SSSR count). The Balaban J connectivity index is 1.30. The normalized spacial score (nSPS) is 15.8. The van der Waals surface area contributed by atoms with Crippen LogP contribution >= 0.6 is 11.8 Å². The number of nitrogens with zero attached hydrogens (tertiary/aromatic N) is 2. The van der Waals surface area contributed by atoms with Crippen LogP contribution in [0.3, 0.4) is 0 Å². The second kappa shape index (κ2) is 8.23. The van der Waals surface area contributed by atoms with Crippen LogP contribution in [-0.4, -0.2) is 42.8 Å². The van der Waals surface area contributed by atoms with Crippen LogP contribution < -0.4 is 4.90 Å². The fourth-order valence-corrected chi connectivity index (χ4v) is 5.30. The molecule has 0 radical (unpaired) electrons. The van der Waals surface area contributed by atoms with Crippen LogP contribution in [0.4, 0.5) is 5.69 Å². The summed E-state index contributed by atoms with van der Waals surface area (Å²) in [7, 11) is 0. The van der Waals surface area contributed by atoms with E-state index >= 15 is 0 Å². The van der Waals surface area contributed by atoms with Gasteiger partial charge in [0.15, 0.2) is 5.78 Å². The van der Waals surface area contributed by atoms with Crippen molar-refractivity contribution in [3.05, 3.63) is 89.0 Å². The third-order valence-corrected chi connectivity index (χ3v) is 7.23. The van der Waals surface area contributed by atoms with E-state index in [2.05, 4.69) is 36.1 Å². The number of aryl methyl sites for hydroxylation is 1. The first-order chi connectivity index (χ1) is 15.1. The lowest BCUT2D eigenvalue weighted by molar-refractivity contribution is 0.0746. The van der Waals surface area contributed by atoms with Crippen molar-refractivity contribution in [2.24, 2.45) is 0 Å². The second-order valence-electron chi connectivity index (χ2n) is 8.14. The molecule has 1 saturated heterocycles. The molecular formula is C26H24N2O2S. The smallest absolute Gasteiger partial charge is 0.253 e. The Morgan fingerprint density at radius 1 is 0.871 bits per heavy atom. The van der Waals surface area contributed by atoms with Gasteiger partial charge >= 0.3 is 0 Å². The molecular weight excluding hydrogens is 404 g/mol. The number of carbonyl (C=O) groups excluding carboxylic acids is 2. The second-order valence-corrected chi connectivity index (χ2v) is 9.22. The molecule has 2 aliphatic heterocycles. The van der Waals surface area contributed by atoms with Crippen LogP contribution in [0.5, 0.6) is 0 Å². The Bertz CT molecular complexity index is 1150. The third kappa shape index (κ3) is 3.98. The Morgan fingerprint density at radius 2 is 1.61 bits per heavy atom. The van der Waals surface area contributed by atoms with E-state index in [1.54, 1.807) is 11.8 Å². The van der Waals surface area contributed by atoms with Crippen molar-refractivity contribution < 1.29 is 9.59 Å². The van der Waals surface area contributed by atoms with Gasteiger partial charge in [-0.15, -0.1) is 0 Å². The van der Waals surface area contributed by atoms with E-state index in [0.29, 0.717) is 25.1 Å². The monoisotopic (exact) mass is 428 g/mol. The summed E-state index contributed by atoms with van der Waals surface area (Å²) in [6.07, 6.45) is 0.335. The van der Waals surface area contributed by atoms with Gasteiger partial charge in [0.25, 0.3) is 5.91 Å². The lowest BCUT2D eigenvalue weighted by Crippen LogP contribution is -2.48. The van der Waals surface area contributed by atoms with E-state index in [9.17, 15) is 9.59 Å². The first-order valence-electron chi connectivity index (χ1n) is 10.6. The van der Waals surface area contributed by atoms with E-state index in [1.165, 1.54) is 11.3 Å². The number of amides is 1. The molecule has 0 saturated carbocycles. The first-order valence-corrected chi connectivity index (χ1v) is 11.4. The number of fused-ring (bicyclic) bond motifs is 2. The van der Waals surface area contributed by atoms with Crippen LogP contribution in [0.1, 0.15) is 31.8 Å². The minimum Gasteiger partial charge on any atom is -0.368 e. The molecule has 3 aromatic carbocycles. The Kier molecular flexibility index (Phi) is 5.28. The van der Waals surface area contributed by atoms with Crippen LogP contribution in [0.25, 0.3) is 0 Å². The summed E-state index contributed by atoms with van der Waals surface area (Å²) in [5.74, 6) is 0.156. The lowest BCUT2D eigenvalue weighted by atomic mass is 10.0. The van der Waals surface area contributed by atoms with Crippen LogP contribution in [0, 0.1) is 6.92 Å². The summed E-state index contributed by atoms with van der Waals surface area (Å²) in [6.45, 7) is 5.13. The molecule has 0 aromatic heterocycles. The molecule has 156 valence electrons. The number of Topliss-reactive ketones (excluding diaryl/α,β-unsaturated/α-hetero) is 1. The zero-order valence-corrected chi connectivity index (χ0v) is 18.3. The lowest BCUT2D eigenvalue weighted by Gasteiger charge is -2.36. The molecule has 2 aliphatic rings. The predicted molar refractivity (Wildman–Crippen MR) is 124 cm³/mol. The van der Waals surface area contributed by atoms with E-state index in [-0.39, 0.29) is 11.7 Å². The number of hydrogen-bond acceptors (Lipinski definition) is 4. The van der Waals surface area contributed by atoms with Gasteiger partial charge in [-0.1, -0.05) is 47.7 Å². The number of rotatable bonds is 2.